The average molecular weight is 443 g/mol. The number of allylic oxidation sites excluding steroid dienone is 1. The number of hydrogen-bond acceptors (Lipinski definition) is 4. The molecule has 2 N–H and O–H groups in total. The van der Waals surface area contributed by atoms with Gasteiger partial charge in [0.05, 0.1) is 35.1 Å². The van der Waals surface area contributed by atoms with Crippen molar-refractivity contribution in [3.8, 4) is 11.3 Å². The predicted octanol–water partition coefficient (Wildman–Crippen LogP) is 0.588. The molecule has 160 valence electrons. The zero-order chi connectivity index (χ0) is 21.0. The summed E-state index contributed by atoms with van der Waals surface area (Å²) in [7, 11) is 0. The molecule has 0 bridgehead atoms. The molecular weight excluding hydrogens is 420 g/mol. The first-order chi connectivity index (χ1) is 15.1. The highest BCUT2D eigenvalue weighted by molar-refractivity contribution is 6.00. The number of aliphatic hydroxyl groups is 1. The number of amidine groups is 1. The summed E-state index contributed by atoms with van der Waals surface area (Å²) in [6.07, 6.45) is 7.26. The Kier molecular flexibility index (Phi) is 5.05. The number of rotatable bonds is 3. The molecule has 2 aliphatic heterocycles. The molecule has 3 heterocycles. The second-order valence-corrected chi connectivity index (χ2v) is 8.84. The van der Waals surface area contributed by atoms with E-state index in [0.717, 1.165) is 62.7 Å². The van der Waals surface area contributed by atoms with Gasteiger partial charge in [0.25, 0.3) is 0 Å². The van der Waals surface area contributed by atoms with Crippen LogP contribution < -0.4 is 17.3 Å². The molecule has 3 aromatic rings. The van der Waals surface area contributed by atoms with Crippen molar-refractivity contribution < 1.29 is 22.4 Å². The van der Waals surface area contributed by atoms with E-state index in [4.69, 9.17) is 9.98 Å². The van der Waals surface area contributed by atoms with Crippen LogP contribution in [-0.4, -0.2) is 27.7 Å². The third-order valence-electron chi connectivity index (χ3n) is 6.38. The molecule has 6 heteroatoms. The Bertz CT molecular complexity index is 1320. The summed E-state index contributed by atoms with van der Waals surface area (Å²) < 4.78 is 0. The van der Waals surface area contributed by atoms with E-state index >= 15 is 0 Å². The molecule has 0 spiro atoms. The Morgan fingerprint density at radius 1 is 1.00 bits per heavy atom. The van der Waals surface area contributed by atoms with E-state index < -0.39 is 5.60 Å². The van der Waals surface area contributed by atoms with E-state index in [9.17, 15) is 5.11 Å². The van der Waals surface area contributed by atoms with E-state index in [-0.39, 0.29) is 18.3 Å². The highest BCUT2D eigenvalue weighted by atomic mass is 35.5. The number of halogens is 1. The molecule has 3 aliphatic rings. The maximum absolute atomic E-state index is 10.2. The number of hydrogen-bond donors (Lipinski definition) is 2. The van der Waals surface area contributed by atoms with E-state index in [0.29, 0.717) is 0 Å². The quantitative estimate of drug-likeness (QED) is 0.623. The van der Waals surface area contributed by atoms with Gasteiger partial charge in [0.1, 0.15) is 11.9 Å². The highest BCUT2D eigenvalue weighted by Crippen LogP contribution is 2.39. The van der Waals surface area contributed by atoms with E-state index in [1.54, 1.807) is 0 Å². The molecule has 5 nitrogen and oxygen atoms in total. The van der Waals surface area contributed by atoms with Crippen molar-refractivity contribution in [3.05, 3.63) is 84.3 Å². The fourth-order valence-corrected chi connectivity index (χ4v) is 4.81. The molecule has 1 atom stereocenters. The Morgan fingerprint density at radius 3 is 2.56 bits per heavy atom. The lowest BCUT2D eigenvalue weighted by atomic mass is 9.71. The lowest BCUT2D eigenvalue weighted by molar-refractivity contribution is -0.694. The largest absolute Gasteiger partial charge is 1.00 e. The Balaban J connectivity index is 0.00000216. The first-order valence-corrected chi connectivity index (χ1v) is 10.7. The molecule has 32 heavy (non-hydrogen) atoms. The summed E-state index contributed by atoms with van der Waals surface area (Å²) in [5, 5.41) is 11.3. The predicted molar refractivity (Wildman–Crippen MR) is 123 cm³/mol. The third kappa shape index (κ3) is 3.48. The van der Waals surface area contributed by atoms with Crippen LogP contribution in [0.2, 0.25) is 0 Å². The van der Waals surface area contributed by atoms with Crippen LogP contribution in [0, 0.1) is 5.92 Å². The maximum Gasteiger partial charge on any atom is 0.215 e. The van der Waals surface area contributed by atoms with Crippen molar-refractivity contribution in [2.45, 2.75) is 25.4 Å². The van der Waals surface area contributed by atoms with Crippen LogP contribution >= 0.6 is 0 Å². The summed E-state index contributed by atoms with van der Waals surface area (Å²) >= 11 is 0. The number of pyridine rings is 1. The molecule has 2 aromatic carbocycles. The van der Waals surface area contributed by atoms with Crippen LogP contribution in [-0.2, 0) is 0 Å². The molecule has 0 saturated heterocycles. The van der Waals surface area contributed by atoms with Gasteiger partial charge in [-0.05, 0) is 31.9 Å². The van der Waals surface area contributed by atoms with Crippen molar-refractivity contribution in [1.29, 1.82) is 0 Å². The second kappa shape index (κ2) is 7.78. The normalized spacial score (nSPS) is 25.9. The number of aliphatic imine (C=N–C) groups is 2. The molecule has 1 fully saturated rings. The number of fused-ring (bicyclic) bond motifs is 2. The van der Waals surface area contributed by atoms with Gasteiger partial charge in [0.2, 0.25) is 5.84 Å². The summed E-state index contributed by atoms with van der Waals surface area (Å²) in [4.78, 5) is 15.5. The number of benzene rings is 2. The fourth-order valence-electron chi connectivity index (χ4n) is 4.81. The number of nitrogens with one attached hydrogen (secondary N) is 1. The van der Waals surface area contributed by atoms with Crippen molar-refractivity contribution in [2.24, 2.45) is 15.9 Å². The van der Waals surface area contributed by atoms with Gasteiger partial charge < -0.3 is 17.5 Å². The van der Waals surface area contributed by atoms with Crippen LogP contribution in [0.4, 0.5) is 0 Å². The van der Waals surface area contributed by atoms with Crippen molar-refractivity contribution in [3.63, 3.8) is 0 Å². The zero-order valence-electron chi connectivity index (χ0n) is 17.7. The zero-order valence-corrected chi connectivity index (χ0v) is 18.4. The second-order valence-electron chi connectivity index (χ2n) is 8.84. The van der Waals surface area contributed by atoms with Crippen molar-refractivity contribution in [2.75, 3.05) is 0 Å². The summed E-state index contributed by atoms with van der Waals surface area (Å²) in [5.74, 6) is 1.36. The van der Waals surface area contributed by atoms with E-state index in [1.165, 1.54) is 0 Å². The van der Waals surface area contributed by atoms with Gasteiger partial charge in [-0.25, -0.2) is 9.88 Å². The Morgan fingerprint density at radius 2 is 1.78 bits per heavy atom. The number of aromatic nitrogens is 1. The topological polar surface area (TPSA) is 62.3 Å². The number of nitrogens with zero attached hydrogens (tertiary/aromatic N) is 3. The standard InChI is InChI=1S/C26H22N4O.ClH/c1-26(31)14-20(15-26)25-29-24(23-16-27-11-12-30(23)25)19-8-7-18-9-10-21(28-22(18)13-19)17-5-3-2-4-6-17;/h2-13,16,20,31H,14-15H2,1H3;1H. The third-order valence-corrected chi connectivity index (χ3v) is 6.38. The maximum atomic E-state index is 10.2. The average Bonchev–Trinajstić information content (AvgIpc) is 3.17. The van der Waals surface area contributed by atoms with Gasteiger partial charge in [-0.1, -0.05) is 48.5 Å². The first-order valence-electron chi connectivity index (χ1n) is 10.7. The Hall–Kier alpha value is -3.12. The highest BCUT2D eigenvalue weighted by Gasteiger charge is 2.48. The molecule has 6 rings (SSSR count). The first kappa shape index (κ1) is 20.8. The summed E-state index contributed by atoms with van der Waals surface area (Å²) in [5.41, 5.74) is 5.48. The minimum atomic E-state index is -0.580. The fraction of sp³-hybridized carbons (Fsp3) is 0.192. The van der Waals surface area contributed by atoms with Gasteiger partial charge >= 0.3 is 0 Å². The van der Waals surface area contributed by atoms with Crippen LogP contribution in [0.3, 0.4) is 0 Å². The van der Waals surface area contributed by atoms with Gasteiger partial charge in [-0.2, -0.15) is 4.99 Å². The lowest BCUT2D eigenvalue weighted by Gasteiger charge is -2.40. The van der Waals surface area contributed by atoms with Crippen LogP contribution in [0.5, 0.6) is 0 Å². The molecule has 0 amide bonds. The monoisotopic (exact) mass is 442 g/mol. The molecule has 1 aliphatic carbocycles. The van der Waals surface area contributed by atoms with Crippen LogP contribution in [0.15, 0.2) is 88.7 Å². The van der Waals surface area contributed by atoms with Gasteiger partial charge in [0, 0.05) is 16.5 Å². The van der Waals surface area contributed by atoms with E-state index in [2.05, 4.69) is 47.5 Å². The van der Waals surface area contributed by atoms with Crippen molar-refractivity contribution >= 4 is 28.7 Å². The summed E-state index contributed by atoms with van der Waals surface area (Å²) in [6.45, 7) is 1.90. The van der Waals surface area contributed by atoms with E-state index in [1.807, 2.05) is 43.7 Å². The van der Waals surface area contributed by atoms with Crippen LogP contribution in [0.25, 0.3) is 27.9 Å². The molecular formula is C26H23ClN4O. The SMILES string of the molecule is CC1(O)CC(C2=NC(c3ccc4ccc(-c5ccccc5)nc4c3)=C3C=NC=C[NH+]23)C1.[Cl-]. The molecule has 0 radical (unpaired) electrons. The summed E-state index contributed by atoms with van der Waals surface area (Å²) in [6, 6.07) is 20.8. The molecule has 1 unspecified atom stereocenters. The minimum Gasteiger partial charge on any atom is -1.00 e. The van der Waals surface area contributed by atoms with Crippen molar-refractivity contribution in [1.82, 2.24) is 4.98 Å². The molecule has 1 saturated carbocycles. The minimum absolute atomic E-state index is 0. The van der Waals surface area contributed by atoms with Gasteiger partial charge in [0.15, 0.2) is 5.70 Å². The number of quaternary nitrogens is 1. The lowest BCUT2D eigenvalue weighted by Crippen LogP contribution is -3.09. The van der Waals surface area contributed by atoms with Gasteiger partial charge in [-0.15, -0.1) is 0 Å². The molecule has 1 aromatic heterocycles. The van der Waals surface area contributed by atoms with Gasteiger partial charge in [-0.3, -0.25) is 4.99 Å². The Labute approximate surface area is 193 Å². The van der Waals surface area contributed by atoms with Crippen LogP contribution in [0.1, 0.15) is 25.3 Å². The smallest absolute Gasteiger partial charge is 0.215 e.